The molecule has 0 radical (unpaired) electrons. The molecule has 9 heteroatoms. The van der Waals surface area contributed by atoms with Crippen LogP contribution in [-0.4, -0.2) is 14.2 Å². The van der Waals surface area contributed by atoms with Gasteiger partial charge in [0.05, 0.1) is 48.3 Å². The molecule has 6 aliphatic rings. The van der Waals surface area contributed by atoms with Gasteiger partial charge in [0, 0.05) is 12.1 Å². The van der Waals surface area contributed by atoms with Crippen molar-refractivity contribution in [2.75, 3.05) is 24.0 Å². The first-order valence-corrected chi connectivity index (χ1v) is 23.7. The molecule has 6 heterocycles. The van der Waals surface area contributed by atoms with E-state index in [4.69, 9.17) is 28.3 Å². The summed E-state index contributed by atoms with van der Waals surface area (Å²) in [6.45, 7) is 0. The molecule has 0 saturated carbocycles. The van der Waals surface area contributed by atoms with Gasteiger partial charge in [-0.15, -0.1) is 0 Å². The van der Waals surface area contributed by atoms with Crippen LogP contribution in [0, 0.1) is 0 Å². The number of halogens is 2. The van der Waals surface area contributed by atoms with E-state index in [0.717, 1.165) is 11.5 Å². The first-order chi connectivity index (χ1) is 23.2. The topological polar surface area (TPSA) is 24.9 Å². The Hall–Kier alpha value is -3.35. The summed E-state index contributed by atoms with van der Waals surface area (Å²) in [7, 11) is 11.3. The third kappa shape index (κ3) is 5.01. The monoisotopic (exact) mass is 873 g/mol. The Morgan fingerprint density at radius 3 is 1.00 bits per heavy atom. The summed E-state index contributed by atoms with van der Waals surface area (Å²) in [6.07, 6.45) is 0. The number of hydrogen-bond acceptors (Lipinski definition) is 4. The zero-order chi connectivity index (χ0) is 32.1. The zero-order valence-corrected chi connectivity index (χ0v) is 31.3. The van der Waals surface area contributed by atoms with Gasteiger partial charge in [-0.25, -0.2) is 0 Å². The molecule has 0 saturated heterocycles. The molecule has 6 aromatic rings. The summed E-state index contributed by atoms with van der Waals surface area (Å²) >= 11 is -0.472. The first-order valence-electron chi connectivity index (χ1n) is 15.1. The van der Waals surface area contributed by atoms with Gasteiger partial charge < -0.3 is 9.47 Å². The first kappa shape index (κ1) is 30.9. The minimum absolute atomic E-state index is 0.472. The second kappa shape index (κ2) is 12.9. The van der Waals surface area contributed by atoms with Gasteiger partial charge in [-0.2, -0.15) is 0 Å². The van der Waals surface area contributed by atoms with Gasteiger partial charge in [0.15, 0.2) is 0 Å². The predicted octanol–water partition coefficient (Wildman–Crippen LogP) is 7.94. The van der Waals surface area contributed by atoms with Crippen molar-refractivity contribution in [3.8, 4) is 11.5 Å². The summed E-state index contributed by atoms with van der Waals surface area (Å²) in [5.74, 6) is 1.89. The molecule has 236 valence electrons. The van der Waals surface area contributed by atoms with Crippen molar-refractivity contribution in [3.05, 3.63) is 133 Å². The van der Waals surface area contributed by atoms with Crippen molar-refractivity contribution in [1.82, 2.24) is 0 Å². The number of nitrogens with zero attached hydrogens (tertiary/aromatic N) is 2. The fraction of sp³-hybridized carbons (Fsp3) is 0.0526. The SMILES string of the molecule is COc1ccc2c(c1)[PH+]1c3ccccc3N2c2ccccc21.COc1ccc2c(c1)[PH+]1c3ccccc3N2c2ccccc21.[Cl][Pt][Cl]. The van der Waals surface area contributed by atoms with Crippen LogP contribution in [0.2, 0.25) is 0 Å². The van der Waals surface area contributed by atoms with Gasteiger partial charge in [-0.05, 0) is 72.8 Å². The van der Waals surface area contributed by atoms with Gasteiger partial charge >= 0.3 is 35.3 Å². The number of hydrogen-bond donors (Lipinski definition) is 0. The van der Waals surface area contributed by atoms with E-state index in [2.05, 4.69) is 143 Å². The molecule has 0 spiro atoms. The van der Waals surface area contributed by atoms with Crippen molar-refractivity contribution in [3.63, 3.8) is 0 Å². The average Bonchev–Trinajstić information content (AvgIpc) is 3.14. The fourth-order valence-corrected chi connectivity index (χ4v) is 13.3. The molecule has 6 aromatic carbocycles. The molecule has 4 nitrogen and oxygen atoms in total. The summed E-state index contributed by atoms with van der Waals surface area (Å²) in [6, 6.07) is 48.2. The maximum absolute atomic E-state index is 5.46. The van der Waals surface area contributed by atoms with Gasteiger partial charge in [0.25, 0.3) is 0 Å². The molecular weight excluding hydrogens is 844 g/mol. The van der Waals surface area contributed by atoms with Crippen LogP contribution in [0.1, 0.15) is 0 Å². The molecule has 0 fully saturated rings. The molecule has 6 aliphatic heterocycles. The van der Waals surface area contributed by atoms with E-state index in [1.807, 2.05) is 0 Å². The number of methoxy groups -OCH3 is 2. The van der Waals surface area contributed by atoms with E-state index < -0.39 is 32.3 Å². The van der Waals surface area contributed by atoms with Crippen LogP contribution < -0.4 is 51.1 Å². The van der Waals surface area contributed by atoms with Gasteiger partial charge in [0.1, 0.15) is 59.2 Å². The van der Waals surface area contributed by atoms with Crippen molar-refractivity contribution in [2.24, 2.45) is 0 Å². The zero-order valence-electron chi connectivity index (χ0n) is 25.5. The Morgan fingerprint density at radius 2 is 0.702 bits per heavy atom. The van der Waals surface area contributed by atoms with Crippen LogP contribution in [0.5, 0.6) is 11.5 Å². The third-order valence-electron chi connectivity index (χ3n) is 9.09. The Labute approximate surface area is 293 Å². The molecule has 0 atom stereocenters. The van der Waals surface area contributed by atoms with E-state index in [-0.39, 0.29) is 0 Å². The summed E-state index contributed by atoms with van der Waals surface area (Å²) < 4.78 is 10.9. The third-order valence-corrected chi connectivity index (χ3v) is 14.8. The molecule has 0 aliphatic carbocycles. The van der Waals surface area contributed by atoms with Crippen molar-refractivity contribution >= 4 is 101 Å². The average molecular weight is 875 g/mol. The van der Waals surface area contributed by atoms with Gasteiger partial charge in [-0.3, -0.25) is 9.80 Å². The van der Waals surface area contributed by atoms with Crippen LogP contribution in [-0.2, 0) is 16.5 Å². The van der Waals surface area contributed by atoms with Gasteiger partial charge in [-0.1, -0.05) is 48.5 Å². The van der Waals surface area contributed by atoms with Crippen LogP contribution in [0.3, 0.4) is 0 Å². The van der Waals surface area contributed by atoms with Gasteiger partial charge in [0.2, 0.25) is 0 Å². The summed E-state index contributed by atoms with van der Waals surface area (Å²) in [5.41, 5.74) is 7.99. The molecule has 0 aromatic heterocycles. The van der Waals surface area contributed by atoms with Crippen molar-refractivity contribution in [2.45, 2.75) is 0 Å². The minimum atomic E-state index is -0.945. The number of anilines is 6. The van der Waals surface area contributed by atoms with Crippen LogP contribution in [0.4, 0.5) is 34.1 Å². The summed E-state index contributed by atoms with van der Waals surface area (Å²) in [4.78, 5) is 4.80. The normalized spacial score (nSPS) is 13.9. The van der Waals surface area contributed by atoms with E-state index in [9.17, 15) is 0 Å². The fourth-order valence-electron chi connectivity index (χ4n) is 7.24. The van der Waals surface area contributed by atoms with E-state index in [0.29, 0.717) is 0 Å². The Kier molecular flexibility index (Phi) is 8.51. The Bertz CT molecular complexity index is 1900. The van der Waals surface area contributed by atoms with E-state index in [1.165, 1.54) is 66.0 Å². The molecule has 0 amide bonds. The Balaban J connectivity index is 0.000000128. The molecule has 12 rings (SSSR count). The summed E-state index contributed by atoms with van der Waals surface area (Å²) in [5, 5.41) is 8.78. The number of benzene rings is 6. The molecule has 0 unspecified atom stereocenters. The molecule has 4 bridgehead atoms. The van der Waals surface area contributed by atoms with Crippen LogP contribution in [0.15, 0.2) is 133 Å². The Morgan fingerprint density at radius 1 is 0.426 bits per heavy atom. The van der Waals surface area contributed by atoms with Crippen LogP contribution >= 0.6 is 34.7 Å². The molecule has 47 heavy (non-hydrogen) atoms. The molecule has 0 N–H and O–H groups in total. The van der Waals surface area contributed by atoms with E-state index >= 15 is 0 Å². The second-order valence-corrected chi connectivity index (χ2v) is 19.3. The number of para-hydroxylation sites is 4. The van der Waals surface area contributed by atoms with Crippen LogP contribution in [0.25, 0.3) is 0 Å². The van der Waals surface area contributed by atoms with Crippen molar-refractivity contribution in [1.29, 1.82) is 0 Å². The number of ether oxygens (including phenoxy) is 2. The predicted molar refractivity (Wildman–Crippen MR) is 201 cm³/mol. The standard InChI is InChI=1S/2C19H14NOP.2ClH.Pt/c2*1-21-13-10-11-16-19(12-13)22-17-8-4-2-6-14(17)20(16)15-7-3-5-9-18(15)22;;;/h2*2-12H,1H3;2*1H;/q;;;;+2. The molecular formula is C38H30Cl2N2O2P2Pt+2. The second-order valence-electron chi connectivity index (χ2n) is 11.3. The van der Waals surface area contributed by atoms with E-state index in [1.54, 1.807) is 14.2 Å². The quantitative estimate of drug-likeness (QED) is 0.165. The van der Waals surface area contributed by atoms with Crippen molar-refractivity contribution < 1.29 is 26.0 Å². The maximum atomic E-state index is 5.46. The number of rotatable bonds is 2.